The molecule has 2 aromatic rings. The van der Waals surface area contributed by atoms with E-state index in [-0.39, 0.29) is 16.3 Å². The van der Waals surface area contributed by atoms with Gasteiger partial charge in [-0.25, -0.2) is 8.78 Å². The smallest absolute Gasteiger partial charge is 0.257 e. The lowest BCUT2D eigenvalue weighted by Crippen LogP contribution is -2.12. The van der Waals surface area contributed by atoms with Crippen LogP contribution in [0.3, 0.4) is 0 Å². The molecule has 98 valence electrons. The normalized spacial score (nSPS) is 10.3. The van der Waals surface area contributed by atoms with E-state index in [1.807, 2.05) is 0 Å². The summed E-state index contributed by atoms with van der Waals surface area (Å²) in [5.74, 6) is -2.17. The van der Waals surface area contributed by atoms with Crippen molar-refractivity contribution in [2.24, 2.45) is 0 Å². The summed E-state index contributed by atoms with van der Waals surface area (Å²) in [4.78, 5) is 11.9. The van der Waals surface area contributed by atoms with E-state index in [1.165, 1.54) is 18.2 Å². The van der Waals surface area contributed by atoms with Gasteiger partial charge in [-0.05, 0) is 30.3 Å². The Morgan fingerprint density at radius 2 is 1.63 bits per heavy atom. The molecule has 0 saturated heterocycles. The predicted octanol–water partition coefficient (Wildman–Crippen LogP) is 4.52. The van der Waals surface area contributed by atoms with Gasteiger partial charge in [0.2, 0.25) is 0 Å². The molecule has 0 radical (unpaired) electrons. The van der Waals surface area contributed by atoms with Crippen molar-refractivity contribution in [1.82, 2.24) is 0 Å². The van der Waals surface area contributed by atoms with Gasteiger partial charge in [-0.1, -0.05) is 23.2 Å². The highest BCUT2D eigenvalue weighted by atomic mass is 35.5. The van der Waals surface area contributed by atoms with Crippen molar-refractivity contribution in [3.8, 4) is 0 Å². The summed E-state index contributed by atoms with van der Waals surface area (Å²) in [6.45, 7) is 0. The topological polar surface area (TPSA) is 29.1 Å². The van der Waals surface area contributed by atoms with Gasteiger partial charge in [0.25, 0.3) is 5.91 Å². The Bertz CT molecular complexity index is 626. The average Bonchev–Trinajstić information content (AvgIpc) is 2.30. The number of hydrogen-bond acceptors (Lipinski definition) is 1. The van der Waals surface area contributed by atoms with Gasteiger partial charge in [0.15, 0.2) is 0 Å². The molecule has 0 aromatic heterocycles. The molecular weight excluding hydrogens is 295 g/mol. The number of anilines is 1. The fourth-order valence-corrected chi connectivity index (χ4v) is 1.87. The van der Waals surface area contributed by atoms with Gasteiger partial charge >= 0.3 is 0 Å². The number of halogens is 4. The van der Waals surface area contributed by atoms with E-state index in [9.17, 15) is 13.6 Å². The van der Waals surface area contributed by atoms with Crippen LogP contribution in [0.5, 0.6) is 0 Å². The van der Waals surface area contributed by atoms with Crippen molar-refractivity contribution in [2.75, 3.05) is 5.32 Å². The molecule has 2 rings (SSSR count). The molecule has 0 spiro atoms. The zero-order chi connectivity index (χ0) is 14.0. The molecule has 0 aliphatic rings. The highest BCUT2D eigenvalue weighted by Crippen LogP contribution is 2.22. The second kappa shape index (κ2) is 5.55. The average molecular weight is 302 g/mol. The van der Waals surface area contributed by atoms with Gasteiger partial charge < -0.3 is 5.32 Å². The number of hydrogen-bond donors (Lipinski definition) is 1. The molecule has 0 bridgehead atoms. The molecule has 0 aliphatic carbocycles. The van der Waals surface area contributed by atoms with Gasteiger partial charge in [0.1, 0.15) is 11.6 Å². The molecule has 6 heteroatoms. The van der Waals surface area contributed by atoms with Crippen molar-refractivity contribution in [3.05, 3.63) is 63.6 Å². The zero-order valence-corrected chi connectivity index (χ0v) is 10.9. The number of benzene rings is 2. The van der Waals surface area contributed by atoms with E-state index in [0.717, 1.165) is 12.1 Å². The van der Waals surface area contributed by atoms with E-state index in [2.05, 4.69) is 5.32 Å². The highest BCUT2D eigenvalue weighted by molar-refractivity contribution is 6.36. The summed E-state index contributed by atoms with van der Waals surface area (Å²) >= 11 is 11.6. The van der Waals surface area contributed by atoms with Crippen molar-refractivity contribution in [3.63, 3.8) is 0 Å². The molecule has 1 amide bonds. The Kier molecular flexibility index (Phi) is 4.02. The van der Waals surface area contributed by atoms with Crippen LogP contribution in [0, 0.1) is 11.6 Å². The maximum Gasteiger partial charge on any atom is 0.257 e. The number of nitrogens with one attached hydrogen (secondary N) is 1. The highest BCUT2D eigenvalue weighted by Gasteiger charge is 2.12. The second-order valence-corrected chi connectivity index (χ2v) is 4.58. The summed E-state index contributed by atoms with van der Waals surface area (Å²) < 4.78 is 26.0. The van der Waals surface area contributed by atoms with Crippen molar-refractivity contribution >= 4 is 34.8 Å². The largest absolute Gasteiger partial charge is 0.322 e. The molecule has 0 atom stereocenters. The van der Waals surface area contributed by atoms with Crippen LogP contribution in [0.25, 0.3) is 0 Å². The van der Waals surface area contributed by atoms with E-state index in [4.69, 9.17) is 23.2 Å². The predicted molar refractivity (Wildman–Crippen MR) is 70.8 cm³/mol. The van der Waals surface area contributed by atoms with Crippen molar-refractivity contribution in [1.29, 1.82) is 0 Å². The van der Waals surface area contributed by atoms with Crippen molar-refractivity contribution in [2.45, 2.75) is 0 Å². The van der Waals surface area contributed by atoms with Crippen LogP contribution in [-0.4, -0.2) is 5.91 Å². The fourth-order valence-electron chi connectivity index (χ4n) is 1.50. The third-order valence-corrected chi connectivity index (χ3v) is 2.86. The first-order chi connectivity index (χ1) is 8.95. The second-order valence-electron chi connectivity index (χ2n) is 3.74. The number of amides is 1. The summed E-state index contributed by atoms with van der Waals surface area (Å²) in [6.07, 6.45) is 0. The maximum atomic E-state index is 13.0. The van der Waals surface area contributed by atoms with Gasteiger partial charge in [-0.15, -0.1) is 0 Å². The summed E-state index contributed by atoms with van der Waals surface area (Å²) in [6, 6.07) is 7.07. The van der Waals surface area contributed by atoms with Gasteiger partial charge in [-0.2, -0.15) is 0 Å². The van der Waals surface area contributed by atoms with Crippen LogP contribution in [0.15, 0.2) is 36.4 Å². The molecule has 0 heterocycles. The molecule has 2 aromatic carbocycles. The SMILES string of the molecule is O=C(Nc1cc(F)cc(F)c1)c1cc(Cl)ccc1Cl. The molecule has 0 fully saturated rings. The molecule has 1 N–H and O–H groups in total. The molecular formula is C13H7Cl2F2NO. The first-order valence-electron chi connectivity index (χ1n) is 5.18. The van der Waals surface area contributed by atoms with Crippen LogP contribution < -0.4 is 5.32 Å². The first-order valence-corrected chi connectivity index (χ1v) is 5.94. The molecule has 2 nitrogen and oxygen atoms in total. The Labute approximate surface area is 118 Å². The number of rotatable bonds is 2. The van der Waals surface area contributed by atoms with Crippen LogP contribution in [0.4, 0.5) is 14.5 Å². The fraction of sp³-hybridized carbons (Fsp3) is 0. The summed E-state index contributed by atoms with van der Waals surface area (Å²) in [5, 5.41) is 2.87. The molecule has 0 unspecified atom stereocenters. The van der Waals surface area contributed by atoms with Gasteiger partial charge in [0.05, 0.1) is 10.6 Å². The van der Waals surface area contributed by atoms with Crippen LogP contribution in [0.2, 0.25) is 10.0 Å². The van der Waals surface area contributed by atoms with Crippen LogP contribution in [0.1, 0.15) is 10.4 Å². The molecule has 19 heavy (non-hydrogen) atoms. The summed E-state index contributed by atoms with van der Waals surface area (Å²) in [7, 11) is 0. The Morgan fingerprint density at radius 3 is 2.26 bits per heavy atom. The number of carbonyl (C=O) groups is 1. The number of carbonyl (C=O) groups excluding carboxylic acids is 1. The Morgan fingerprint density at radius 1 is 1.00 bits per heavy atom. The molecule has 0 aliphatic heterocycles. The lowest BCUT2D eigenvalue weighted by atomic mass is 10.2. The van der Waals surface area contributed by atoms with Crippen LogP contribution >= 0.6 is 23.2 Å². The van der Waals surface area contributed by atoms with Gasteiger partial charge in [0, 0.05) is 16.8 Å². The zero-order valence-electron chi connectivity index (χ0n) is 9.38. The van der Waals surface area contributed by atoms with Crippen molar-refractivity contribution < 1.29 is 13.6 Å². The third-order valence-electron chi connectivity index (χ3n) is 2.29. The lowest BCUT2D eigenvalue weighted by molar-refractivity contribution is 0.102. The monoisotopic (exact) mass is 301 g/mol. The molecule has 0 saturated carbocycles. The van der Waals surface area contributed by atoms with E-state index in [1.54, 1.807) is 0 Å². The Hall–Kier alpha value is -1.65. The van der Waals surface area contributed by atoms with Gasteiger partial charge in [-0.3, -0.25) is 4.79 Å². The Balaban J connectivity index is 2.28. The third kappa shape index (κ3) is 3.43. The van der Waals surface area contributed by atoms with E-state index >= 15 is 0 Å². The standard InChI is InChI=1S/C13H7Cl2F2NO/c14-7-1-2-12(15)11(3-7)13(19)18-10-5-8(16)4-9(17)6-10/h1-6H,(H,18,19). The van der Waals surface area contributed by atoms with Crippen LogP contribution in [-0.2, 0) is 0 Å². The summed E-state index contributed by atoms with van der Waals surface area (Å²) in [5.41, 5.74) is 0.123. The lowest BCUT2D eigenvalue weighted by Gasteiger charge is -2.07. The maximum absolute atomic E-state index is 13.0. The minimum atomic E-state index is -0.785. The minimum Gasteiger partial charge on any atom is -0.322 e. The first kappa shape index (κ1) is 13.8. The van der Waals surface area contributed by atoms with E-state index < -0.39 is 17.5 Å². The van der Waals surface area contributed by atoms with E-state index in [0.29, 0.717) is 11.1 Å². The quantitative estimate of drug-likeness (QED) is 0.868. The minimum absolute atomic E-state index is 0.00135.